The number of aryl methyl sites for hydroxylation is 3. The maximum absolute atomic E-state index is 12.2. The first-order valence-corrected chi connectivity index (χ1v) is 7.26. The second-order valence-corrected chi connectivity index (χ2v) is 4.99. The number of rotatable bonds is 3. The smallest absolute Gasteiger partial charge is 0.316 e. The Balaban J connectivity index is 2.55. The van der Waals surface area contributed by atoms with Crippen molar-refractivity contribution in [1.82, 2.24) is 19.1 Å². The third-order valence-electron chi connectivity index (χ3n) is 3.85. The highest BCUT2D eigenvalue weighted by Crippen LogP contribution is 2.20. The van der Waals surface area contributed by atoms with Crippen molar-refractivity contribution < 1.29 is 0 Å². The maximum atomic E-state index is 12.2. The summed E-state index contributed by atoms with van der Waals surface area (Å²) in [5.74, 6) is 0.899. The van der Waals surface area contributed by atoms with Crippen molar-refractivity contribution >= 4 is 22.1 Å². The molecule has 2 heterocycles. The molecule has 0 spiro atoms. The van der Waals surface area contributed by atoms with Crippen LogP contribution < -0.4 is 11.1 Å². The molecule has 1 aromatic carbocycles. The van der Waals surface area contributed by atoms with Crippen LogP contribution in [-0.4, -0.2) is 19.1 Å². The number of aromatic amines is 1. The lowest BCUT2D eigenvalue weighted by Crippen LogP contribution is -2.41. The lowest BCUT2D eigenvalue weighted by molar-refractivity contribution is 0.683. The van der Waals surface area contributed by atoms with Gasteiger partial charge in [0, 0.05) is 19.5 Å². The fourth-order valence-corrected chi connectivity index (χ4v) is 2.76. The zero-order chi connectivity index (χ0) is 15.1. The van der Waals surface area contributed by atoms with Crippen LogP contribution >= 0.6 is 0 Å². The van der Waals surface area contributed by atoms with E-state index in [1.807, 2.05) is 32.9 Å². The molecule has 0 aliphatic heterocycles. The molecule has 0 fully saturated rings. The van der Waals surface area contributed by atoms with Crippen LogP contribution in [0.4, 0.5) is 0 Å². The van der Waals surface area contributed by atoms with Crippen molar-refractivity contribution in [1.29, 1.82) is 0 Å². The minimum atomic E-state index is -0.475. The molecule has 0 aliphatic rings. The summed E-state index contributed by atoms with van der Waals surface area (Å²) < 4.78 is 3.04. The van der Waals surface area contributed by atoms with Gasteiger partial charge in [-0.25, -0.2) is 4.98 Å². The number of nitrogens with zero attached hydrogens (tertiary/aromatic N) is 3. The highest BCUT2D eigenvalue weighted by Gasteiger charge is 2.13. The predicted molar refractivity (Wildman–Crippen MR) is 82.8 cm³/mol. The van der Waals surface area contributed by atoms with Crippen molar-refractivity contribution in [3.8, 4) is 0 Å². The van der Waals surface area contributed by atoms with Gasteiger partial charge in [-0.05, 0) is 26.0 Å². The second kappa shape index (κ2) is 4.87. The van der Waals surface area contributed by atoms with Gasteiger partial charge in [-0.15, -0.1) is 0 Å². The van der Waals surface area contributed by atoms with Gasteiger partial charge in [-0.1, -0.05) is 6.92 Å². The number of fused-ring (bicyclic) bond motifs is 2. The zero-order valence-corrected chi connectivity index (χ0v) is 12.4. The number of imidazole rings is 1. The van der Waals surface area contributed by atoms with E-state index in [0.717, 1.165) is 34.3 Å². The molecule has 0 saturated heterocycles. The van der Waals surface area contributed by atoms with E-state index in [9.17, 15) is 9.59 Å². The lowest BCUT2D eigenvalue weighted by atomic mass is 10.2. The Morgan fingerprint density at radius 3 is 2.10 bits per heavy atom. The summed E-state index contributed by atoms with van der Waals surface area (Å²) in [5, 5.41) is 0. The summed E-state index contributed by atoms with van der Waals surface area (Å²) in [4.78, 5) is 32.1. The summed E-state index contributed by atoms with van der Waals surface area (Å²) in [6, 6.07) is 3.80. The Kier molecular flexibility index (Phi) is 3.16. The van der Waals surface area contributed by atoms with Crippen LogP contribution in [0.25, 0.3) is 22.1 Å². The molecule has 3 aromatic rings. The molecule has 0 saturated carbocycles. The molecule has 0 amide bonds. The van der Waals surface area contributed by atoms with Crippen LogP contribution in [0, 0.1) is 0 Å². The average Bonchev–Trinajstić information content (AvgIpc) is 2.89. The molecule has 6 nitrogen and oxygen atoms in total. The quantitative estimate of drug-likeness (QED) is 0.744. The van der Waals surface area contributed by atoms with Gasteiger partial charge in [0.25, 0.3) is 0 Å². The van der Waals surface area contributed by atoms with Gasteiger partial charge in [0.2, 0.25) is 0 Å². The molecular weight excluding hydrogens is 268 g/mol. The Morgan fingerprint density at radius 2 is 1.57 bits per heavy atom. The molecule has 6 heteroatoms. The summed E-state index contributed by atoms with van der Waals surface area (Å²) >= 11 is 0. The van der Waals surface area contributed by atoms with Crippen LogP contribution in [0.3, 0.4) is 0 Å². The zero-order valence-electron chi connectivity index (χ0n) is 12.4. The van der Waals surface area contributed by atoms with Crippen LogP contribution in [0.2, 0.25) is 0 Å². The van der Waals surface area contributed by atoms with Gasteiger partial charge in [0.1, 0.15) is 5.82 Å². The SMILES string of the molecule is CCc1nc2cc3c(cc2[nH]1)n(CC)c(=O)c(=O)n3CC. The number of benzene rings is 1. The largest absolute Gasteiger partial charge is 0.342 e. The van der Waals surface area contributed by atoms with Gasteiger partial charge in [0.05, 0.1) is 22.1 Å². The van der Waals surface area contributed by atoms with Gasteiger partial charge in [-0.3, -0.25) is 9.59 Å². The monoisotopic (exact) mass is 286 g/mol. The van der Waals surface area contributed by atoms with Crippen LogP contribution in [0.1, 0.15) is 26.6 Å². The van der Waals surface area contributed by atoms with Gasteiger partial charge >= 0.3 is 11.1 Å². The van der Waals surface area contributed by atoms with Crippen molar-refractivity contribution in [2.45, 2.75) is 40.3 Å². The number of H-pyrrole nitrogens is 1. The number of hydrogen-bond donors (Lipinski definition) is 1. The highest BCUT2D eigenvalue weighted by atomic mass is 16.2. The van der Waals surface area contributed by atoms with E-state index in [0.29, 0.717) is 13.1 Å². The van der Waals surface area contributed by atoms with E-state index in [-0.39, 0.29) is 0 Å². The van der Waals surface area contributed by atoms with Crippen molar-refractivity contribution in [3.05, 3.63) is 38.7 Å². The number of hydrogen-bond acceptors (Lipinski definition) is 3. The standard InChI is InChI=1S/C15H18N4O2/c1-4-13-16-9-7-11-12(8-10(9)17-13)19(6-3)15(21)14(20)18(11)5-2/h7-8H,4-6H2,1-3H3,(H,16,17). The van der Waals surface area contributed by atoms with Crippen molar-refractivity contribution in [2.24, 2.45) is 0 Å². The molecular formula is C15H18N4O2. The molecule has 0 radical (unpaired) electrons. The topological polar surface area (TPSA) is 72.7 Å². The van der Waals surface area contributed by atoms with Crippen LogP contribution in [-0.2, 0) is 19.5 Å². The molecule has 0 aliphatic carbocycles. The summed E-state index contributed by atoms with van der Waals surface area (Å²) in [6.45, 7) is 6.69. The number of aromatic nitrogens is 4. The fraction of sp³-hybridized carbons (Fsp3) is 0.400. The Labute approximate surface area is 121 Å². The van der Waals surface area contributed by atoms with Crippen LogP contribution in [0.5, 0.6) is 0 Å². The summed E-state index contributed by atoms with van der Waals surface area (Å²) in [6.07, 6.45) is 0.812. The van der Waals surface area contributed by atoms with E-state index >= 15 is 0 Å². The molecule has 2 aromatic heterocycles. The van der Waals surface area contributed by atoms with Gasteiger partial charge < -0.3 is 14.1 Å². The van der Waals surface area contributed by atoms with E-state index < -0.39 is 11.1 Å². The third kappa shape index (κ3) is 1.90. The van der Waals surface area contributed by atoms with Crippen LogP contribution in [0.15, 0.2) is 21.7 Å². The Morgan fingerprint density at radius 1 is 1.00 bits per heavy atom. The molecule has 21 heavy (non-hydrogen) atoms. The van der Waals surface area contributed by atoms with Gasteiger partial charge in [0.15, 0.2) is 0 Å². The molecule has 3 rings (SSSR count). The summed E-state index contributed by atoms with van der Waals surface area (Å²) in [5.41, 5.74) is 2.29. The minimum absolute atomic E-state index is 0.464. The normalized spacial score (nSPS) is 11.6. The second-order valence-electron chi connectivity index (χ2n) is 4.99. The molecule has 110 valence electrons. The lowest BCUT2D eigenvalue weighted by Gasteiger charge is -2.12. The van der Waals surface area contributed by atoms with E-state index in [1.54, 1.807) is 0 Å². The predicted octanol–water partition coefficient (Wildman–Crippen LogP) is 1.64. The first-order valence-electron chi connectivity index (χ1n) is 7.26. The molecule has 0 bridgehead atoms. The van der Waals surface area contributed by atoms with E-state index in [4.69, 9.17) is 0 Å². The average molecular weight is 286 g/mol. The molecule has 0 unspecified atom stereocenters. The minimum Gasteiger partial charge on any atom is -0.342 e. The Bertz CT molecular complexity index is 872. The Hall–Kier alpha value is -2.37. The molecule has 0 atom stereocenters. The summed E-state index contributed by atoms with van der Waals surface area (Å²) in [7, 11) is 0. The third-order valence-corrected chi connectivity index (χ3v) is 3.85. The fourth-order valence-electron chi connectivity index (χ4n) is 2.76. The van der Waals surface area contributed by atoms with Gasteiger partial charge in [-0.2, -0.15) is 0 Å². The number of nitrogens with one attached hydrogen (secondary N) is 1. The molecule has 1 N–H and O–H groups in total. The van der Waals surface area contributed by atoms with E-state index in [1.165, 1.54) is 9.13 Å². The maximum Gasteiger partial charge on any atom is 0.316 e. The van der Waals surface area contributed by atoms with Crippen molar-refractivity contribution in [2.75, 3.05) is 0 Å². The first kappa shape index (κ1) is 13.6. The van der Waals surface area contributed by atoms with E-state index in [2.05, 4.69) is 9.97 Å². The van der Waals surface area contributed by atoms with Crippen molar-refractivity contribution in [3.63, 3.8) is 0 Å². The highest BCUT2D eigenvalue weighted by molar-refractivity contribution is 5.91. The first-order chi connectivity index (χ1) is 10.1.